The Morgan fingerprint density at radius 2 is 2.00 bits per heavy atom. The minimum atomic E-state index is 0.402. The Hall–Kier alpha value is -0.830. The van der Waals surface area contributed by atoms with Crippen molar-refractivity contribution >= 4 is 17.4 Å². The molecule has 0 amide bonds. The van der Waals surface area contributed by atoms with Crippen molar-refractivity contribution in [3.63, 3.8) is 0 Å². The van der Waals surface area contributed by atoms with Gasteiger partial charge >= 0.3 is 0 Å². The first-order valence-electron chi connectivity index (χ1n) is 4.81. The van der Waals surface area contributed by atoms with E-state index in [1.807, 2.05) is 13.8 Å². The highest BCUT2D eigenvalue weighted by molar-refractivity contribution is 6.30. The summed E-state index contributed by atoms with van der Waals surface area (Å²) in [6.45, 7) is 8.01. The van der Waals surface area contributed by atoms with Gasteiger partial charge in [0.2, 0.25) is 0 Å². The van der Waals surface area contributed by atoms with Crippen LogP contribution < -0.4 is 5.32 Å². The molecule has 1 unspecified atom stereocenters. The number of nitrogens with one attached hydrogen (secondary N) is 1. The normalized spacial score (nSPS) is 12.6. The summed E-state index contributed by atoms with van der Waals surface area (Å²) in [6.07, 6.45) is 1.06. The van der Waals surface area contributed by atoms with Gasteiger partial charge in [-0.1, -0.05) is 18.5 Å². The summed E-state index contributed by atoms with van der Waals surface area (Å²) in [7, 11) is 0. The monoisotopic (exact) mass is 213 g/mol. The fourth-order valence-corrected chi connectivity index (χ4v) is 1.28. The van der Waals surface area contributed by atoms with Crippen LogP contribution in [0.4, 0.5) is 5.82 Å². The van der Waals surface area contributed by atoms with Gasteiger partial charge in [-0.25, -0.2) is 9.97 Å². The second-order valence-corrected chi connectivity index (χ2v) is 3.85. The molecule has 14 heavy (non-hydrogen) atoms. The maximum absolute atomic E-state index is 5.95. The van der Waals surface area contributed by atoms with Crippen molar-refractivity contribution in [3.8, 4) is 0 Å². The van der Waals surface area contributed by atoms with Gasteiger partial charge in [0.05, 0.1) is 0 Å². The molecule has 78 valence electrons. The molecule has 3 nitrogen and oxygen atoms in total. The van der Waals surface area contributed by atoms with Crippen molar-refractivity contribution in [1.82, 2.24) is 9.97 Å². The number of anilines is 1. The summed E-state index contributed by atoms with van der Waals surface area (Å²) < 4.78 is 0. The third kappa shape index (κ3) is 2.58. The fourth-order valence-electron chi connectivity index (χ4n) is 1.07. The number of halogens is 1. The maximum atomic E-state index is 5.95. The number of nitrogens with zero attached hydrogens (tertiary/aromatic N) is 2. The van der Waals surface area contributed by atoms with Gasteiger partial charge in [-0.15, -0.1) is 0 Å². The van der Waals surface area contributed by atoms with E-state index in [4.69, 9.17) is 11.6 Å². The molecular weight excluding hydrogens is 198 g/mol. The molecule has 1 aromatic heterocycles. The first-order valence-corrected chi connectivity index (χ1v) is 5.19. The molecule has 0 aliphatic heterocycles. The summed E-state index contributed by atoms with van der Waals surface area (Å²) in [5, 5.41) is 3.84. The lowest BCUT2D eigenvalue weighted by atomic mass is 10.2. The van der Waals surface area contributed by atoms with Crippen LogP contribution in [0, 0.1) is 13.8 Å². The number of hydrogen-bond acceptors (Lipinski definition) is 3. The van der Waals surface area contributed by atoms with Crippen molar-refractivity contribution in [3.05, 3.63) is 16.5 Å². The Morgan fingerprint density at radius 1 is 1.36 bits per heavy atom. The smallest absolute Gasteiger partial charge is 0.137 e. The Bertz CT molecular complexity index is 325. The molecule has 0 aliphatic carbocycles. The van der Waals surface area contributed by atoms with Crippen molar-refractivity contribution in [1.29, 1.82) is 0 Å². The Morgan fingerprint density at radius 3 is 2.57 bits per heavy atom. The van der Waals surface area contributed by atoms with E-state index in [-0.39, 0.29) is 0 Å². The molecule has 0 bridgehead atoms. The topological polar surface area (TPSA) is 37.8 Å². The molecule has 0 saturated heterocycles. The van der Waals surface area contributed by atoms with Gasteiger partial charge in [0.1, 0.15) is 16.8 Å². The summed E-state index contributed by atoms with van der Waals surface area (Å²) in [5.41, 5.74) is 0.914. The number of hydrogen-bond donors (Lipinski definition) is 1. The van der Waals surface area contributed by atoms with E-state index in [0.29, 0.717) is 17.0 Å². The summed E-state index contributed by atoms with van der Waals surface area (Å²) in [5.74, 6) is 1.54. The summed E-state index contributed by atoms with van der Waals surface area (Å²) in [6, 6.07) is 0.402. The SMILES string of the molecule is CCC(C)Nc1nc(C)nc(Cl)c1C. The van der Waals surface area contributed by atoms with Gasteiger partial charge in [-0.05, 0) is 27.2 Å². The molecule has 0 aliphatic rings. The first-order chi connectivity index (χ1) is 6.54. The van der Waals surface area contributed by atoms with Crippen LogP contribution in [0.5, 0.6) is 0 Å². The molecule has 0 fully saturated rings. The zero-order valence-electron chi connectivity index (χ0n) is 9.06. The lowest BCUT2D eigenvalue weighted by Crippen LogP contribution is -2.16. The predicted molar refractivity (Wildman–Crippen MR) is 59.9 cm³/mol. The van der Waals surface area contributed by atoms with E-state index in [1.54, 1.807) is 0 Å². The van der Waals surface area contributed by atoms with Gasteiger partial charge in [0.25, 0.3) is 0 Å². The van der Waals surface area contributed by atoms with Crippen LogP contribution >= 0.6 is 11.6 Å². The molecule has 1 heterocycles. The average molecular weight is 214 g/mol. The number of aromatic nitrogens is 2. The van der Waals surface area contributed by atoms with E-state index in [0.717, 1.165) is 17.8 Å². The Balaban J connectivity index is 2.96. The Labute approximate surface area is 89.9 Å². The second kappa shape index (κ2) is 4.60. The number of rotatable bonds is 3. The highest BCUT2D eigenvalue weighted by Gasteiger charge is 2.08. The van der Waals surface area contributed by atoms with Gasteiger partial charge < -0.3 is 5.32 Å². The van der Waals surface area contributed by atoms with Crippen molar-refractivity contribution < 1.29 is 0 Å². The lowest BCUT2D eigenvalue weighted by Gasteiger charge is -2.14. The molecule has 0 spiro atoms. The van der Waals surface area contributed by atoms with Crippen LogP contribution in [0.3, 0.4) is 0 Å². The highest BCUT2D eigenvalue weighted by atomic mass is 35.5. The van der Waals surface area contributed by atoms with Gasteiger partial charge in [-0.3, -0.25) is 0 Å². The average Bonchev–Trinajstić information content (AvgIpc) is 2.13. The molecule has 4 heteroatoms. The molecule has 1 N–H and O–H groups in total. The Kier molecular flexibility index (Phi) is 3.69. The van der Waals surface area contributed by atoms with Crippen LogP contribution in [0.25, 0.3) is 0 Å². The second-order valence-electron chi connectivity index (χ2n) is 3.49. The molecule has 0 aromatic carbocycles. The van der Waals surface area contributed by atoms with Crippen LogP contribution in [0.15, 0.2) is 0 Å². The molecule has 0 radical (unpaired) electrons. The van der Waals surface area contributed by atoms with Crippen molar-refractivity contribution in [2.24, 2.45) is 0 Å². The van der Waals surface area contributed by atoms with E-state index in [9.17, 15) is 0 Å². The third-order valence-electron chi connectivity index (χ3n) is 2.19. The third-order valence-corrected chi connectivity index (χ3v) is 2.56. The molecule has 1 rings (SSSR count). The van der Waals surface area contributed by atoms with E-state index < -0.39 is 0 Å². The largest absolute Gasteiger partial charge is 0.367 e. The molecule has 1 aromatic rings. The van der Waals surface area contributed by atoms with Crippen LogP contribution in [0.2, 0.25) is 5.15 Å². The fraction of sp³-hybridized carbons (Fsp3) is 0.600. The van der Waals surface area contributed by atoms with Crippen LogP contribution in [0.1, 0.15) is 31.7 Å². The zero-order valence-corrected chi connectivity index (χ0v) is 9.81. The maximum Gasteiger partial charge on any atom is 0.137 e. The zero-order chi connectivity index (χ0) is 10.7. The van der Waals surface area contributed by atoms with Gasteiger partial charge in [-0.2, -0.15) is 0 Å². The van der Waals surface area contributed by atoms with E-state index in [1.165, 1.54) is 0 Å². The first kappa shape index (κ1) is 11.2. The van der Waals surface area contributed by atoms with E-state index in [2.05, 4.69) is 29.1 Å². The predicted octanol–water partition coefficient (Wildman–Crippen LogP) is 2.96. The van der Waals surface area contributed by atoms with Crippen LogP contribution in [-0.2, 0) is 0 Å². The molecule has 1 atom stereocenters. The minimum absolute atomic E-state index is 0.402. The van der Waals surface area contributed by atoms with Gasteiger partial charge in [0.15, 0.2) is 0 Å². The standard InChI is InChI=1S/C10H16ClN3/c1-5-6(2)12-10-7(3)9(11)13-8(4)14-10/h6H,5H2,1-4H3,(H,12,13,14). The van der Waals surface area contributed by atoms with Crippen LogP contribution in [-0.4, -0.2) is 16.0 Å². The molecule has 0 saturated carbocycles. The van der Waals surface area contributed by atoms with Crippen molar-refractivity contribution in [2.45, 2.75) is 40.2 Å². The van der Waals surface area contributed by atoms with E-state index >= 15 is 0 Å². The lowest BCUT2D eigenvalue weighted by molar-refractivity contribution is 0.755. The highest BCUT2D eigenvalue weighted by Crippen LogP contribution is 2.20. The number of aryl methyl sites for hydroxylation is 1. The van der Waals surface area contributed by atoms with Gasteiger partial charge in [0, 0.05) is 11.6 Å². The summed E-state index contributed by atoms with van der Waals surface area (Å²) in [4.78, 5) is 8.40. The van der Waals surface area contributed by atoms with Crippen molar-refractivity contribution in [2.75, 3.05) is 5.32 Å². The molecular formula is C10H16ClN3. The summed E-state index contributed by atoms with van der Waals surface area (Å²) >= 11 is 5.95. The quantitative estimate of drug-likeness (QED) is 0.785. The minimum Gasteiger partial charge on any atom is -0.367 e.